The lowest BCUT2D eigenvalue weighted by molar-refractivity contribution is -0.118. The fraction of sp³-hybridized carbons (Fsp3) is 0.304. The molecule has 0 saturated heterocycles. The van der Waals surface area contributed by atoms with Crippen LogP contribution in [-0.4, -0.2) is 17.5 Å². The van der Waals surface area contributed by atoms with Crippen LogP contribution < -0.4 is 15.6 Å². The Kier molecular flexibility index (Phi) is 5.83. The molecule has 0 atom stereocenters. The molecule has 0 aliphatic heterocycles. The van der Waals surface area contributed by atoms with Crippen molar-refractivity contribution in [3.63, 3.8) is 0 Å². The molecule has 3 rings (SSSR count). The maximum Gasteiger partial charge on any atom is 0.262 e. The maximum atomic E-state index is 12.2. The molecule has 2 N–H and O–H groups in total. The molecular weight excluding hydrogens is 352 g/mol. The van der Waals surface area contributed by atoms with Crippen LogP contribution in [0.3, 0.4) is 0 Å². The number of aromatic amines is 1. The summed E-state index contributed by atoms with van der Waals surface area (Å²) < 4.78 is 5.56. The number of hydrogen-bond acceptors (Lipinski definition) is 3. The molecule has 146 valence electrons. The molecule has 1 amide bonds. The molecule has 0 bridgehead atoms. The molecule has 5 nitrogen and oxygen atoms in total. The van der Waals surface area contributed by atoms with Crippen molar-refractivity contribution in [1.82, 2.24) is 4.98 Å². The Hall–Kier alpha value is -3.08. The van der Waals surface area contributed by atoms with Gasteiger partial charge in [-0.15, -0.1) is 0 Å². The van der Waals surface area contributed by atoms with Crippen molar-refractivity contribution in [2.24, 2.45) is 0 Å². The van der Waals surface area contributed by atoms with Crippen molar-refractivity contribution in [3.05, 3.63) is 69.5 Å². The van der Waals surface area contributed by atoms with Gasteiger partial charge >= 0.3 is 0 Å². The van der Waals surface area contributed by atoms with Crippen molar-refractivity contribution in [2.75, 3.05) is 11.9 Å². The lowest BCUT2D eigenvalue weighted by atomic mass is 10.0. The monoisotopic (exact) mass is 378 g/mol. The number of aromatic nitrogens is 1. The van der Waals surface area contributed by atoms with E-state index >= 15 is 0 Å². The van der Waals surface area contributed by atoms with E-state index in [1.807, 2.05) is 50.2 Å². The van der Waals surface area contributed by atoms with Crippen LogP contribution in [0.1, 0.15) is 43.4 Å². The van der Waals surface area contributed by atoms with Crippen LogP contribution in [0.5, 0.6) is 5.75 Å². The molecule has 0 spiro atoms. The van der Waals surface area contributed by atoms with Crippen molar-refractivity contribution in [2.45, 2.75) is 40.0 Å². The average molecular weight is 378 g/mol. The van der Waals surface area contributed by atoms with Gasteiger partial charge in [-0.3, -0.25) is 9.59 Å². The molecule has 0 aliphatic rings. The fourth-order valence-electron chi connectivity index (χ4n) is 3.30. The molecule has 0 fully saturated rings. The first kappa shape index (κ1) is 19.7. The third-order valence-electron chi connectivity index (χ3n) is 4.95. The van der Waals surface area contributed by atoms with Gasteiger partial charge < -0.3 is 15.0 Å². The number of nitrogens with one attached hydrogen (secondary N) is 2. The van der Waals surface area contributed by atoms with Gasteiger partial charge in [0.25, 0.3) is 11.5 Å². The van der Waals surface area contributed by atoms with Crippen LogP contribution in [0.25, 0.3) is 10.9 Å². The second-order valence-electron chi connectivity index (χ2n) is 7.23. The van der Waals surface area contributed by atoms with Crippen molar-refractivity contribution < 1.29 is 9.53 Å². The number of pyridine rings is 1. The number of fused-ring (bicyclic) bond motifs is 1. The van der Waals surface area contributed by atoms with E-state index in [1.165, 1.54) is 5.56 Å². The third-order valence-corrected chi connectivity index (χ3v) is 4.95. The molecule has 28 heavy (non-hydrogen) atoms. The maximum absolute atomic E-state index is 12.2. The van der Waals surface area contributed by atoms with E-state index in [-0.39, 0.29) is 18.1 Å². The van der Waals surface area contributed by atoms with E-state index in [2.05, 4.69) is 24.1 Å². The summed E-state index contributed by atoms with van der Waals surface area (Å²) in [5.74, 6) is 0.857. The van der Waals surface area contributed by atoms with Crippen LogP contribution in [-0.2, 0) is 11.2 Å². The fourth-order valence-corrected chi connectivity index (χ4v) is 3.30. The second-order valence-corrected chi connectivity index (χ2v) is 7.23. The molecular formula is C23H26N2O3. The Morgan fingerprint density at radius 3 is 2.50 bits per heavy atom. The minimum Gasteiger partial charge on any atom is -0.484 e. The summed E-state index contributed by atoms with van der Waals surface area (Å²) in [5, 5.41) is 3.80. The number of aryl methyl sites for hydroxylation is 1. The van der Waals surface area contributed by atoms with Gasteiger partial charge in [-0.1, -0.05) is 39.0 Å². The van der Waals surface area contributed by atoms with Crippen LogP contribution in [0, 0.1) is 6.92 Å². The predicted molar refractivity (Wildman–Crippen MR) is 113 cm³/mol. The van der Waals surface area contributed by atoms with Crippen LogP contribution >= 0.6 is 0 Å². The summed E-state index contributed by atoms with van der Waals surface area (Å²) in [6.07, 6.45) is 0.686. The lowest BCUT2D eigenvalue weighted by Crippen LogP contribution is -2.20. The zero-order valence-corrected chi connectivity index (χ0v) is 16.8. The highest BCUT2D eigenvalue weighted by Crippen LogP contribution is 2.22. The molecule has 0 saturated carbocycles. The first-order valence-corrected chi connectivity index (χ1v) is 9.57. The summed E-state index contributed by atoms with van der Waals surface area (Å²) in [5.41, 5.74) is 4.25. The minimum atomic E-state index is -0.253. The van der Waals surface area contributed by atoms with E-state index in [4.69, 9.17) is 4.74 Å². The van der Waals surface area contributed by atoms with Crippen LogP contribution in [0.4, 0.5) is 5.69 Å². The number of benzene rings is 2. The SMILES string of the molecule is CCc1c(C)c2ccc(NC(=O)COc3ccc(C(C)C)cc3)cc2[nH]c1=O. The van der Waals surface area contributed by atoms with E-state index < -0.39 is 0 Å². The van der Waals surface area contributed by atoms with Crippen molar-refractivity contribution >= 4 is 22.5 Å². The van der Waals surface area contributed by atoms with Gasteiger partial charge in [0.05, 0.1) is 5.52 Å². The van der Waals surface area contributed by atoms with Gasteiger partial charge in [0, 0.05) is 16.6 Å². The van der Waals surface area contributed by atoms with E-state index in [1.54, 1.807) is 6.07 Å². The minimum absolute atomic E-state index is 0.0795. The zero-order valence-electron chi connectivity index (χ0n) is 16.8. The highest BCUT2D eigenvalue weighted by molar-refractivity contribution is 5.95. The number of anilines is 1. The summed E-state index contributed by atoms with van der Waals surface area (Å²) in [6, 6.07) is 13.3. The summed E-state index contributed by atoms with van der Waals surface area (Å²) in [7, 11) is 0. The second kappa shape index (κ2) is 8.30. The molecule has 2 aromatic carbocycles. The van der Waals surface area contributed by atoms with Crippen molar-refractivity contribution in [1.29, 1.82) is 0 Å². The molecule has 0 aliphatic carbocycles. The van der Waals surface area contributed by atoms with E-state index in [0.29, 0.717) is 29.3 Å². The topological polar surface area (TPSA) is 71.2 Å². The first-order valence-electron chi connectivity index (χ1n) is 9.57. The summed E-state index contributed by atoms with van der Waals surface area (Å²) >= 11 is 0. The number of carbonyl (C=O) groups excluding carboxylic acids is 1. The normalized spacial score (nSPS) is 11.0. The lowest BCUT2D eigenvalue weighted by Gasteiger charge is -2.11. The van der Waals surface area contributed by atoms with Crippen LogP contribution in [0.15, 0.2) is 47.3 Å². The smallest absolute Gasteiger partial charge is 0.262 e. The Bertz CT molecular complexity index is 1050. The van der Waals surface area contributed by atoms with Gasteiger partial charge in [-0.05, 0) is 54.7 Å². The highest BCUT2D eigenvalue weighted by atomic mass is 16.5. The van der Waals surface area contributed by atoms with E-state index in [0.717, 1.165) is 16.5 Å². The van der Waals surface area contributed by atoms with E-state index in [9.17, 15) is 9.59 Å². The number of H-pyrrole nitrogens is 1. The Labute approximate surface area is 164 Å². The van der Waals surface area contributed by atoms with Gasteiger partial charge in [0.1, 0.15) is 5.75 Å². The predicted octanol–water partition coefficient (Wildman–Crippen LogP) is 4.54. The summed E-state index contributed by atoms with van der Waals surface area (Å²) in [4.78, 5) is 27.3. The zero-order chi connectivity index (χ0) is 20.3. The Balaban J connectivity index is 1.68. The molecule has 0 radical (unpaired) electrons. The summed E-state index contributed by atoms with van der Waals surface area (Å²) in [6.45, 7) is 8.10. The Morgan fingerprint density at radius 1 is 1.14 bits per heavy atom. The number of ether oxygens (including phenoxy) is 1. The van der Waals surface area contributed by atoms with Crippen molar-refractivity contribution in [3.8, 4) is 5.75 Å². The first-order chi connectivity index (χ1) is 13.4. The quantitative estimate of drug-likeness (QED) is 0.661. The number of hydrogen-bond donors (Lipinski definition) is 2. The third kappa shape index (κ3) is 4.25. The molecule has 5 heteroatoms. The Morgan fingerprint density at radius 2 is 1.86 bits per heavy atom. The van der Waals surface area contributed by atoms with Crippen LogP contribution in [0.2, 0.25) is 0 Å². The number of amides is 1. The molecule has 0 unspecified atom stereocenters. The highest BCUT2D eigenvalue weighted by Gasteiger charge is 2.10. The largest absolute Gasteiger partial charge is 0.484 e. The van der Waals surface area contributed by atoms with Gasteiger partial charge in [-0.2, -0.15) is 0 Å². The number of rotatable bonds is 6. The molecule has 1 aromatic heterocycles. The molecule has 1 heterocycles. The number of carbonyl (C=O) groups is 1. The van der Waals surface area contributed by atoms with Gasteiger partial charge in [0.2, 0.25) is 0 Å². The van der Waals surface area contributed by atoms with Gasteiger partial charge in [0.15, 0.2) is 6.61 Å². The average Bonchev–Trinajstić information content (AvgIpc) is 2.67. The molecule has 3 aromatic rings. The van der Waals surface area contributed by atoms with Gasteiger partial charge in [-0.25, -0.2) is 0 Å². The standard InChI is InChI=1S/C23H26N2O3/c1-5-19-15(4)20-11-8-17(12-21(20)25-23(19)27)24-22(26)13-28-18-9-6-16(7-10-18)14(2)3/h6-12,14H,5,13H2,1-4H3,(H,24,26)(H,25,27).